The first-order valence-electron chi connectivity index (χ1n) is 7.45. The Morgan fingerprint density at radius 3 is 2.62 bits per heavy atom. The fourth-order valence-electron chi connectivity index (χ4n) is 2.15. The van der Waals surface area contributed by atoms with Gasteiger partial charge < -0.3 is 10.1 Å². The van der Waals surface area contributed by atoms with Crippen molar-refractivity contribution < 1.29 is 9.13 Å². The van der Waals surface area contributed by atoms with E-state index in [4.69, 9.17) is 4.74 Å². The zero-order chi connectivity index (χ0) is 14.9. The summed E-state index contributed by atoms with van der Waals surface area (Å²) in [5, 5.41) is 3.27. The van der Waals surface area contributed by atoms with Crippen molar-refractivity contribution in [3.63, 3.8) is 0 Å². The Labute approximate surface area is 126 Å². The predicted molar refractivity (Wildman–Crippen MR) is 84.0 cm³/mol. The molecule has 0 heterocycles. The van der Waals surface area contributed by atoms with Gasteiger partial charge in [-0.3, -0.25) is 0 Å². The molecule has 2 aromatic carbocycles. The minimum Gasteiger partial charge on any atom is -0.493 e. The molecule has 0 saturated heterocycles. The zero-order valence-corrected chi connectivity index (χ0v) is 12.4. The van der Waals surface area contributed by atoms with Gasteiger partial charge in [-0.2, -0.15) is 0 Å². The van der Waals surface area contributed by atoms with Crippen molar-refractivity contribution in [1.82, 2.24) is 5.32 Å². The van der Waals surface area contributed by atoms with Crippen LogP contribution in [0.2, 0.25) is 0 Å². The van der Waals surface area contributed by atoms with Gasteiger partial charge in [0.05, 0.1) is 6.61 Å². The van der Waals surface area contributed by atoms with Crippen LogP contribution in [-0.2, 0) is 13.0 Å². The first kappa shape index (κ1) is 15.5. The van der Waals surface area contributed by atoms with Crippen LogP contribution in [0.1, 0.15) is 24.5 Å². The molecule has 21 heavy (non-hydrogen) atoms. The van der Waals surface area contributed by atoms with E-state index in [0.717, 1.165) is 24.9 Å². The molecule has 0 bridgehead atoms. The number of nitrogens with one attached hydrogen (secondary N) is 1. The molecule has 0 aliphatic heterocycles. The van der Waals surface area contributed by atoms with Gasteiger partial charge in [-0.25, -0.2) is 4.39 Å². The smallest absolute Gasteiger partial charge is 0.127 e. The fraction of sp³-hybridized carbons (Fsp3) is 0.333. The SMILES string of the molecule is CCCNCc1cc(F)cc(OCCc2ccccc2)c1. The maximum Gasteiger partial charge on any atom is 0.127 e. The number of halogens is 1. The second kappa shape index (κ2) is 8.42. The van der Waals surface area contributed by atoms with Crippen molar-refractivity contribution in [2.75, 3.05) is 13.2 Å². The fourth-order valence-corrected chi connectivity index (χ4v) is 2.15. The highest BCUT2D eigenvalue weighted by atomic mass is 19.1. The quantitative estimate of drug-likeness (QED) is 0.742. The monoisotopic (exact) mass is 287 g/mol. The van der Waals surface area contributed by atoms with Gasteiger partial charge >= 0.3 is 0 Å². The molecule has 0 spiro atoms. The Morgan fingerprint density at radius 1 is 1.05 bits per heavy atom. The summed E-state index contributed by atoms with van der Waals surface area (Å²) in [5.41, 5.74) is 2.14. The Bertz CT molecular complexity index is 542. The molecule has 0 amide bonds. The normalized spacial score (nSPS) is 10.6. The Kier molecular flexibility index (Phi) is 6.22. The third-order valence-corrected chi connectivity index (χ3v) is 3.19. The van der Waals surface area contributed by atoms with E-state index in [1.807, 2.05) is 24.3 Å². The lowest BCUT2D eigenvalue weighted by atomic mass is 10.2. The van der Waals surface area contributed by atoms with Crippen molar-refractivity contribution in [3.8, 4) is 5.75 Å². The maximum atomic E-state index is 13.6. The molecule has 0 fully saturated rings. The lowest BCUT2D eigenvalue weighted by Crippen LogP contribution is -2.14. The van der Waals surface area contributed by atoms with Gasteiger partial charge in [0.15, 0.2) is 0 Å². The van der Waals surface area contributed by atoms with Crippen LogP contribution in [0, 0.1) is 5.82 Å². The average molecular weight is 287 g/mol. The molecule has 1 N–H and O–H groups in total. The number of hydrogen-bond acceptors (Lipinski definition) is 2. The molecular weight excluding hydrogens is 265 g/mol. The van der Waals surface area contributed by atoms with E-state index < -0.39 is 0 Å². The van der Waals surface area contributed by atoms with Crippen LogP contribution in [0.15, 0.2) is 48.5 Å². The van der Waals surface area contributed by atoms with E-state index in [1.54, 1.807) is 6.07 Å². The molecule has 0 unspecified atom stereocenters. The molecule has 2 nitrogen and oxygen atoms in total. The molecular formula is C18H22FNO. The van der Waals surface area contributed by atoms with Crippen molar-refractivity contribution >= 4 is 0 Å². The maximum absolute atomic E-state index is 13.6. The first-order valence-corrected chi connectivity index (χ1v) is 7.45. The summed E-state index contributed by atoms with van der Waals surface area (Å²) < 4.78 is 19.2. The summed E-state index contributed by atoms with van der Waals surface area (Å²) in [5.74, 6) is 0.347. The molecule has 0 atom stereocenters. The third kappa shape index (κ3) is 5.56. The van der Waals surface area contributed by atoms with Crippen molar-refractivity contribution in [1.29, 1.82) is 0 Å². The minimum absolute atomic E-state index is 0.250. The summed E-state index contributed by atoms with van der Waals surface area (Å²) in [6, 6.07) is 15.0. The van der Waals surface area contributed by atoms with Crippen LogP contribution in [0.5, 0.6) is 5.75 Å². The molecule has 0 saturated carbocycles. The van der Waals surface area contributed by atoms with Gasteiger partial charge in [0, 0.05) is 19.0 Å². The van der Waals surface area contributed by atoms with Gasteiger partial charge in [0.1, 0.15) is 11.6 Å². The highest BCUT2D eigenvalue weighted by Crippen LogP contribution is 2.17. The molecule has 0 radical (unpaired) electrons. The van der Waals surface area contributed by atoms with E-state index in [-0.39, 0.29) is 5.82 Å². The highest BCUT2D eigenvalue weighted by Gasteiger charge is 2.02. The van der Waals surface area contributed by atoms with Crippen molar-refractivity contribution in [2.24, 2.45) is 0 Å². The largest absolute Gasteiger partial charge is 0.493 e. The molecule has 0 aliphatic rings. The molecule has 3 heteroatoms. The summed E-state index contributed by atoms with van der Waals surface area (Å²) in [4.78, 5) is 0. The Morgan fingerprint density at radius 2 is 1.86 bits per heavy atom. The van der Waals surface area contributed by atoms with Crippen molar-refractivity contribution in [3.05, 3.63) is 65.5 Å². The lowest BCUT2D eigenvalue weighted by Gasteiger charge is -2.09. The standard InChI is InChI=1S/C18H22FNO/c1-2-9-20-14-16-11-17(19)13-18(12-16)21-10-8-15-6-4-3-5-7-15/h3-7,11-13,20H,2,8-10,14H2,1H3. The van der Waals surface area contributed by atoms with Crippen LogP contribution in [0.25, 0.3) is 0 Å². The van der Waals surface area contributed by atoms with E-state index >= 15 is 0 Å². The number of ether oxygens (including phenoxy) is 1. The second-order valence-electron chi connectivity index (χ2n) is 5.06. The van der Waals surface area contributed by atoms with E-state index in [2.05, 4.69) is 24.4 Å². The molecule has 2 rings (SSSR count). The van der Waals surface area contributed by atoms with Crippen LogP contribution >= 0.6 is 0 Å². The number of hydrogen-bond donors (Lipinski definition) is 1. The summed E-state index contributed by atoms with van der Waals surface area (Å²) >= 11 is 0. The van der Waals surface area contributed by atoms with E-state index in [0.29, 0.717) is 18.9 Å². The molecule has 0 aromatic heterocycles. The summed E-state index contributed by atoms with van der Waals surface area (Å²) in [6.45, 7) is 4.26. The predicted octanol–water partition coefficient (Wildman–Crippen LogP) is 3.95. The van der Waals surface area contributed by atoms with Crippen molar-refractivity contribution in [2.45, 2.75) is 26.3 Å². The first-order chi connectivity index (χ1) is 10.3. The Hall–Kier alpha value is -1.87. The highest BCUT2D eigenvalue weighted by molar-refractivity contribution is 5.29. The Balaban J connectivity index is 1.87. The van der Waals surface area contributed by atoms with Crippen LogP contribution in [0.4, 0.5) is 4.39 Å². The summed E-state index contributed by atoms with van der Waals surface area (Å²) in [7, 11) is 0. The van der Waals surface area contributed by atoms with E-state index in [9.17, 15) is 4.39 Å². The molecule has 2 aromatic rings. The third-order valence-electron chi connectivity index (χ3n) is 3.19. The van der Waals surface area contributed by atoms with Gasteiger partial charge in [-0.05, 0) is 36.2 Å². The zero-order valence-electron chi connectivity index (χ0n) is 12.4. The number of benzene rings is 2. The van der Waals surface area contributed by atoms with E-state index in [1.165, 1.54) is 11.6 Å². The van der Waals surface area contributed by atoms with Gasteiger partial charge in [-0.1, -0.05) is 37.3 Å². The van der Waals surface area contributed by atoms with Crippen LogP contribution < -0.4 is 10.1 Å². The van der Waals surface area contributed by atoms with Gasteiger partial charge in [0.2, 0.25) is 0 Å². The van der Waals surface area contributed by atoms with Gasteiger partial charge in [0.25, 0.3) is 0 Å². The lowest BCUT2D eigenvalue weighted by molar-refractivity contribution is 0.320. The molecule has 112 valence electrons. The average Bonchev–Trinajstić information content (AvgIpc) is 2.48. The van der Waals surface area contributed by atoms with Crippen LogP contribution in [-0.4, -0.2) is 13.2 Å². The second-order valence-corrected chi connectivity index (χ2v) is 5.06. The molecule has 0 aliphatic carbocycles. The minimum atomic E-state index is -0.250. The van der Waals surface area contributed by atoms with Crippen LogP contribution in [0.3, 0.4) is 0 Å². The number of rotatable bonds is 8. The summed E-state index contributed by atoms with van der Waals surface area (Å²) in [6.07, 6.45) is 1.89. The van der Waals surface area contributed by atoms with Gasteiger partial charge in [-0.15, -0.1) is 0 Å². The topological polar surface area (TPSA) is 21.3 Å².